The zero-order chi connectivity index (χ0) is 13.9. The molecule has 0 fully saturated rings. The van der Waals surface area contributed by atoms with Gasteiger partial charge in [0.2, 0.25) is 0 Å². The minimum absolute atomic E-state index is 0.0582. The van der Waals surface area contributed by atoms with Crippen molar-refractivity contribution in [2.24, 2.45) is 5.92 Å². The minimum atomic E-state index is -0.132. The van der Waals surface area contributed by atoms with Crippen molar-refractivity contribution in [1.29, 1.82) is 0 Å². The Labute approximate surface area is 122 Å². The molecule has 0 radical (unpaired) electrons. The second-order valence-electron chi connectivity index (χ2n) is 5.31. The van der Waals surface area contributed by atoms with E-state index in [0.717, 1.165) is 24.6 Å². The summed E-state index contributed by atoms with van der Waals surface area (Å²) in [7, 11) is 0. The Kier molecular flexibility index (Phi) is 3.78. The van der Waals surface area contributed by atoms with E-state index in [1.807, 2.05) is 6.07 Å². The SMILES string of the molecule is C[C@H]1CCCc2ccccc2[C@@H]1NC(=O)c1cnsn1. The van der Waals surface area contributed by atoms with Gasteiger partial charge >= 0.3 is 0 Å². The first kappa shape index (κ1) is 13.2. The van der Waals surface area contributed by atoms with E-state index in [2.05, 4.69) is 39.2 Å². The molecule has 0 saturated heterocycles. The number of fused-ring (bicyclic) bond motifs is 1. The standard InChI is InChI=1S/C15H17N3OS/c1-10-5-4-7-11-6-2-3-8-12(11)14(10)17-15(19)13-9-16-20-18-13/h2-3,6,8-10,14H,4-5,7H2,1H3,(H,17,19)/t10-,14+/m0/s1. The van der Waals surface area contributed by atoms with Crippen molar-refractivity contribution in [3.63, 3.8) is 0 Å². The normalized spacial score (nSPS) is 21.9. The van der Waals surface area contributed by atoms with Crippen LogP contribution in [0.4, 0.5) is 0 Å². The van der Waals surface area contributed by atoms with Crippen LogP contribution in [-0.4, -0.2) is 14.7 Å². The largest absolute Gasteiger partial charge is 0.344 e. The summed E-state index contributed by atoms with van der Waals surface area (Å²) in [5.41, 5.74) is 3.00. The van der Waals surface area contributed by atoms with Crippen LogP contribution in [0.5, 0.6) is 0 Å². The van der Waals surface area contributed by atoms with Crippen molar-refractivity contribution in [1.82, 2.24) is 14.1 Å². The molecule has 0 bridgehead atoms. The van der Waals surface area contributed by atoms with Gasteiger partial charge in [-0.25, -0.2) is 0 Å². The molecule has 20 heavy (non-hydrogen) atoms. The maximum absolute atomic E-state index is 12.2. The van der Waals surface area contributed by atoms with Crippen LogP contribution in [0.25, 0.3) is 0 Å². The third-order valence-electron chi connectivity index (χ3n) is 3.95. The van der Waals surface area contributed by atoms with Gasteiger partial charge in [-0.3, -0.25) is 4.79 Å². The molecule has 3 rings (SSSR count). The molecule has 2 aromatic rings. The third kappa shape index (κ3) is 2.58. The van der Waals surface area contributed by atoms with Crippen molar-refractivity contribution in [3.05, 3.63) is 47.3 Å². The van der Waals surface area contributed by atoms with E-state index < -0.39 is 0 Å². The number of carbonyl (C=O) groups is 1. The molecule has 1 aromatic heterocycles. The molecule has 1 aliphatic rings. The van der Waals surface area contributed by atoms with Gasteiger partial charge in [0.1, 0.15) is 0 Å². The summed E-state index contributed by atoms with van der Waals surface area (Å²) in [5.74, 6) is 0.293. The number of nitrogens with zero attached hydrogens (tertiary/aromatic N) is 2. The molecule has 1 aliphatic carbocycles. The molecule has 4 nitrogen and oxygen atoms in total. The first-order valence-corrected chi connectivity index (χ1v) is 7.65. The van der Waals surface area contributed by atoms with E-state index in [-0.39, 0.29) is 11.9 Å². The van der Waals surface area contributed by atoms with Crippen molar-refractivity contribution >= 4 is 17.6 Å². The average molecular weight is 287 g/mol. The van der Waals surface area contributed by atoms with Gasteiger partial charge in [0.15, 0.2) is 5.69 Å². The van der Waals surface area contributed by atoms with Crippen LogP contribution in [0, 0.1) is 5.92 Å². The van der Waals surface area contributed by atoms with Crippen LogP contribution in [-0.2, 0) is 6.42 Å². The number of aromatic nitrogens is 2. The van der Waals surface area contributed by atoms with Crippen molar-refractivity contribution in [2.45, 2.75) is 32.2 Å². The lowest BCUT2D eigenvalue weighted by atomic mass is 9.92. The van der Waals surface area contributed by atoms with E-state index in [1.54, 1.807) is 0 Å². The molecule has 1 amide bonds. The molecule has 0 aliphatic heterocycles. The zero-order valence-electron chi connectivity index (χ0n) is 11.4. The molecule has 1 aromatic carbocycles. The van der Waals surface area contributed by atoms with Gasteiger partial charge in [-0.2, -0.15) is 8.75 Å². The van der Waals surface area contributed by atoms with E-state index in [9.17, 15) is 4.79 Å². The molecule has 0 unspecified atom stereocenters. The van der Waals surface area contributed by atoms with Crippen LogP contribution < -0.4 is 5.32 Å². The van der Waals surface area contributed by atoms with E-state index in [4.69, 9.17) is 0 Å². The Morgan fingerprint density at radius 3 is 3.05 bits per heavy atom. The summed E-state index contributed by atoms with van der Waals surface area (Å²) in [6.07, 6.45) is 4.90. The van der Waals surface area contributed by atoms with E-state index in [0.29, 0.717) is 11.6 Å². The molecular formula is C15H17N3OS. The number of aryl methyl sites for hydroxylation is 1. The highest BCUT2D eigenvalue weighted by atomic mass is 32.1. The lowest BCUT2D eigenvalue weighted by Gasteiger charge is -2.24. The Morgan fingerprint density at radius 1 is 1.40 bits per heavy atom. The Hall–Kier alpha value is -1.75. The highest BCUT2D eigenvalue weighted by Crippen LogP contribution is 2.33. The number of rotatable bonds is 2. The lowest BCUT2D eigenvalue weighted by Crippen LogP contribution is -2.32. The topological polar surface area (TPSA) is 54.9 Å². The molecule has 5 heteroatoms. The van der Waals surface area contributed by atoms with Crippen molar-refractivity contribution < 1.29 is 4.79 Å². The second kappa shape index (κ2) is 5.71. The average Bonchev–Trinajstić information content (AvgIpc) is 2.94. The van der Waals surface area contributed by atoms with Crippen molar-refractivity contribution in [2.75, 3.05) is 0 Å². The highest BCUT2D eigenvalue weighted by Gasteiger charge is 2.26. The number of amides is 1. The molecule has 0 saturated carbocycles. The van der Waals surface area contributed by atoms with Crippen LogP contribution in [0.2, 0.25) is 0 Å². The molecule has 0 spiro atoms. The van der Waals surface area contributed by atoms with Crippen LogP contribution in [0.15, 0.2) is 30.5 Å². The first-order chi connectivity index (χ1) is 9.75. The van der Waals surface area contributed by atoms with Crippen LogP contribution >= 0.6 is 11.7 Å². The molecule has 1 heterocycles. The van der Waals surface area contributed by atoms with Crippen molar-refractivity contribution in [3.8, 4) is 0 Å². The van der Waals surface area contributed by atoms with Gasteiger partial charge in [-0.15, -0.1) is 0 Å². The maximum Gasteiger partial charge on any atom is 0.273 e. The quantitative estimate of drug-likeness (QED) is 0.864. The van der Waals surface area contributed by atoms with E-state index >= 15 is 0 Å². The van der Waals surface area contributed by atoms with Gasteiger partial charge in [0, 0.05) is 0 Å². The fourth-order valence-electron chi connectivity index (χ4n) is 2.85. The molecule has 2 atom stereocenters. The fourth-order valence-corrected chi connectivity index (χ4v) is 3.26. The van der Waals surface area contributed by atoms with E-state index in [1.165, 1.54) is 23.7 Å². The number of hydrogen-bond donors (Lipinski definition) is 1. The summed E-state index contributed by atoms with van der Waals surface area (Å²) in [6, 6.07) is 8.46. The predicted octanol–water partition coefficient (Wildman–Crippen LogP) is 2.98. The monoisotopic (exact) mass is 287 g/mol. The first-order valence-electron chi connectivity index (χ1n) is 6.92. The predicted molar refractivity (Wildman–Crippen MR) is 78.7 cm³/mol. The number of nitrogens with one attached hydrogen (secondary N) is 1. The number of carbonyl (C=O) groups excluding carboxylic acids is 1. The molecular weight excluding hydrogens is 270 g/mol. The zero-order valence-corrected chi connectivity index (χ0v) is 12.2. The second-order valence-corrected chi connectivity index (χ2v) is 5.87. The fraction of sp³-hybridized carbons (Fsp3) is 0.400. The summed E-state index contributed by atoms with van der Waals surface area (Å²) in [4.78, 5) is 12.2. The lowest BCUT2D eigenvalue weighted by molar-refractivity contribution is 0.0918. The van der Waals surface area contributed by atoms with Gasteiger partial charge < -0.3 is 5.32 Å². The highest BCUT2D eigenvalue weighted by molar-refractivity contribution is 6.99. The number of benzene rings is 1. The molecule has 1 N–H and O–H groups in total. The van der Waals surface area contributed by atoms with Crippen LogP contribution in [0.1, 0.15) is 47.4 Å². The summed E-state index contributed by atoms with van der Waals surface area (Å²) in [5, 5.41) is 3.13. The maximum atomic E-state index is 12.2. The molecule has 104 valence electrons. The summed E-state index contributed by atoms with van der Waals surface area (Å²) < 4.78 is 7.89. The Balaban J connectivity index is 1.88. The van der Waals surface area contributed by atoms with Gasteiger partial charge in [0.25, 0.3) is 5.91 Å². The Bertz CT molecular complexity index is 597. The Morgan fingerprint density at radius 2 is 2.25 bits per heavy atom. The summed E-state index contributed by atoms with van der Waals surface area (Å²) >= 11 is 1.06. The van der Waals surface area contributed by atoms with Gasteiger partial charge in [-0.1, -0.05) is 31.2 Å². The van der Waals surface area contributed by atoms with Crippen LogP contribution in [0.3, 0.4) is 0 Å². The number of hydrogen-bond acceptors (Lipinski definition) is 4. The minimum Gasteiger partial charge on any atom is -0.344 e. The third-order valence-corrected chi connectivity index (χ3v) is 4.42. The smallest absolute Gasteiger partial charge is 0.273 e. The summed E-state index contributed by atoms with van der Waals surface area (Å²) in [6.45, 7) is 2.20. The van der Waals surface area contributed by atoms with Gasteiger partial charge in [0.05, 0.1) is 24.0 Å². The van der Waals surface area contributed by atoms with Gasteiger partial charge in [-0.05, 0) is 36.3 Å².